The summed E-state index contributed by atoms with van der Waals surface area (Å²) < 4.78 is 0. The molecule has 1 saturated carbocycles. The van der Waals surface area contributed by atoms with Crippen LogP contribution in [0.25, 0.3) is 0 Å². The number of hydrogen-bond donors (Lipinski definition) is 2. The highest BCUT2D eigenvalue weighted by atomic mass is 16.3. The second kappa shape index (κ2) is 5.00. The van der Waals surface area contributed by atoms with Crippen molar-refractivity contribution in [3.05, 3.63) is 29.8 Å². The Balaban J connectivity index is 2.11. The average molecular weight is 216 g/mol. The Morgan fingerprint density at radius 3 is 2.75 bits per heavy atom. The van der Waals surface area contributed by atoms with Gasteiger partial charge in [-0.2, -0.15) is 5.26 Å². The molecule has 0 saturated heterocycles. The molecule has 1 fully saturated rings. The molecule has 16 heavy (non-hydrogen) atoms. The van der Waals surface area contributed by atoms with Crippen LogP contribution in [0, 0.1) is 11.3 Å². The summed E-state index contributed by atoms with van der Waals surface area (Å²) in [7, 11) is 0. The van der Waals surface area contributed by atoms with E-state index in [1.54, 1.807) is 6.07 Å². The van der Waals surface area contributed by atoms with E-state index < -0.39 is 0 Å². The standard InChI is InChI=1S/C13H16N2O/c14-9-10-5-1-2-6-11(10)15-12-7-3-4-8-13(12)16/h1-2,5-6,12-13,15-16H,3-4,7-8H2. The van der Waals surface area contributed by atoms with E-state index in [0.717, 1.165) is 31.4 Å². The number of nitrogens with one attached hydrogen (secondary N) is 1. The molecular weight excluding hydrogens is 200 g/mol. The molecule has 84 valence electrons. The predicted molar refractivity (Wildman–Crippen MR) is 63.0 cm³/mol. The van der Waals surface area contributed by atoms with E-state index >= 15 is 0 Å². The Morgan fingerprint density at radius 1 is 1.25 bits per heavy atom. The lowest BCUT2D eigenvalue weighted by atomic mass is 9.92. The molecule has 2 N–H and O–H groups in total. The lowest BCUT2D eigenvalue weighted by Crippen LogP contribution is -2.36. The van der Waals surface area contributed by atoms with E-state index in [9.17, 15) is 5.11 Å². The van der Waals surface area contributed by atoms with Gasteiger partial charge in [0.05, 0.1) is 23.4 Å². The van der Waals surface area contributed by atoms with Crippen molar-refractivity contribution in [3.8, 4) is 6.07 Å². The monoisotopic (exact) mass is 216 g/mol. The Labute approximate surface area is 95.7 Å². The van der Waals surface area contributed by atoms with Gasteiger partial charge in [0.1, 0.15) is 6.07 Å². The van der Waals surface area contributed by atoms with Gasteiger partial charge in [-0.3, -0.25) is 0 Å². The minimum atomic E-state index is -0.291. The van der Waals surface area contributed by atoms with E-state index in [0.29, 0.717) is 5.56 Å². The summed E-state index contributed by atoms with van der Waals surface area (Å²) in [5, 5.41) is 22.1. The minimum Gasteiger partial charge on any atom is -0.391 e. The van der Waals surface area contributed by atoms with Crippen molar-refractivity contribution in [1.29, 1.82) is 5.26 Å². The van der Waals surface area contributed by atoms with Gasteiger partial charge in [0.15, 0.2) is 0 Å². The van der Waals surface area contributed by atoms with Crippen LogP contribution < -0.4 is 5.32 Å². The Kier molecular flexibility index (Phi) is 3.43. The molecular formula is C13H16N2O. The van der Waals surface area contributed by atoms with Gasteiger partial charge in [-0.25, -0.2) is 0 Å². The van der Waals surface area contributed by atoms with Crippen molar-refractivity contribution < 1.29 is 5.11 Å². The smallest absolute Gasteiger partial charge is 0.101 e. The number of benzene rings is 1. The summed E-state index contributed by atoms with van der Waals surface area (Å²) in [5.41, 5.74) is 1.47. The molecule has 3 nitrogen and oxygen atoms in total. The van der Waals surface area contributed by atoms with Crippen molar-refractivity contribution in [2.24, 2.45) is 0 Å². The van der Waals surface area contributed by atoms with Crippen LogP contribution in [0.5, 0.6) is 0 Å². The summed E-state index contributed by atoms with van der Waals surface area (Å²) in [6.45, 7) is 0. The molecule has 0 heterocycles. The normalized spacial score (nSPS) is 24.8. The lowest BCUT2D eigenvalue weighted by molar-refractivity contribution is 0.116. The maximum absolute atomic E-state index is 9.85. The third kappa shape index (κ3) is 2.34. The largest absolute Gasteiger partial charge is 0.391 e. The molecule has 0 spiro atoms. The van der Waals surface area contributed by atoms with E-state index in [1.807, 2.05) is 18.2 Å². The Hall–Kier alpha value is -1.53. The maximum atomic E-state index is 9.85. The summed E-state index contributed by atoms with van der Waals surface area (Å²) in [6.07, 6.45) is 3.77. The van der Waals surface area contributed by atoms with E-state index in [1.165, 1.54) is 0 Å². The minimum absolute atomic E-state index is 0.0863. The molecule has 0 bridgehead atoms. The third-order valence-electron chi connectivity index (χ3n) is 3.12. The predicted octanol–water partition coefficient (Wildman–Crippen LogP) is 2.27. The van der Waals surface area contributed by atoms with Gasteiger partial charge in [0.2, 0.25) is 0 Å². The molecule has 2 atom stereocenters. The highest BCUT2D eigenvalue weighted by Gasteiger charge is 2.23. The Morgan fingerprint density at radius 2 is 2.00 bits per heavy atom. The molecule has 2 unspecified atom stereocenters. The van der Waals surface area contributed by atoms with Crippen molar-refractivity contribution in [2.75, 3.05) is 5.32 Å². The van der Waals surface area contributed by atoms with Crippen LogP contribution in [0.4, 0.5) is 5.69 Å². The van der Waals surface area contributed by atoms with E-state index in [-0.39, 0.29) is 12.1 Å². The van der Waals surface area contributed by atoms with Crippen molar-refractivity contribution >= 4 is 5.69 Å². The average Bonchev–Trinajstić information content (AvgIpc) is 2.33. The van der Waals surface area contributed by atoms with Gasteiger partial charge in [-0.05, 0) is 25.0 Å². The van der Waals surface area contributed by atoms with Crippen molar-refractivity contribution in [2.45, 2.75) is 37.8 Å². The highest BCUT2D eigenvalue weighted by Crippen LogP contribution is 2.23. The molecule has 1 aromatic rings. The number of anilines is 1. The Bertz CT molecular complexity index is 397. The first-order valence-corrected chi connectivity index (χ1v) is 5.75. The van der Waals surface area contributed by atoms with Gasteiger partial charge < -0.3 is 10.4 Å². The molecule has 0 aliphatic heterocycles. The summed E-state index contributed by atoms with van der Waals surface area (Å²) >= 11 is 0. The molecule has 1 aliphatic rings. The fraction of sp³-hybridized carbons (Fsp3) is 0.462. The number of hydrogen-bond acceptors (Lipinski definition) is 3. The number of rotatable bonds is 2. The number of aliphatic hydroxyl groups excluding tert-OH is 1. The van der Waals surface area contributed by atoms with Crippen LogP contribution in [0.2, 0.25) is 0 Å². The summed E-state index contributed by atoms with van der Waals surface area (Å²) in [4.78, 5) is 0. The first kappa shape index (κ1) is 11.0. The zero-order valence-electron chi connectivity index (χ0n) is 9.19. The van der Waals surface area contributed by atoms with Crippen LogP contribution in [0.1, 0.15) is 31.2 Å². The number of nitrogens with zero attached hydrogens (tertiary/aromatic N) is 1. The third-order valence-corrected chi connectivity index (χ3v) is 3.12. The van der Waals surface area contributed by atoms with Crippen molar-refractivity contribution in [3.63, 3.8) is 0 Å². The first-order valence-electron chi connectivity index (χ1n) is 5.75. The molecule has 3 heteroatoms. The highest BCUT2D eigenvalue weighted by molar-refractivity contribution is 5.57. The fourth-order valence-corrected chi connectivity index (χ4v) is 2.19. The van der Waals surface area contributed by atoms with Crippen LogP contribution in [-0.2, 0) is 0 Å². The molecule has 0 aromatic heterocycles. The zero-order chi connectivity index (χ0) is 11.4. The van der Waals surface area contributed by atoms with Crippen molar-refractivity contribution in [1.82, 2.24) is 0 Å². The van der Waals surface area contributed by atoms with Crippen LogP contribution in [0.15, 0.2) is 24.3 Å². The summed E-state index contributed by atoms with van der Waals surface area (Å²) in [5.74, 6) is 0. The van der Waals surface area contributed by atoms with Gasteiger partial charge >= 0.3 is 0 Å². The second-order valence-electron chi connectivity index (χ2n) is 4.26. The zero-order valence-corrected chi connectivity index (χ0v) is 9.19. The van der Waals surface area contributed by atoms with Gasteiger partial charge in [-0.1, -0.05) is 25.0 Å². The lowest BCUT2D eigenvalue weighted by Gasteiger charge is -2.29. The first-order chi connectivity index (χ1) is 7.81. The second-order valence-corrected chi connectivity index (χ2v) is 4.26. The van der Waals surface area contributed by atoms with Crippen LogP contribution in [-0.4, -0.2) is 17.3 Å². The SMILES string of the molecule is N#Cc1ccccc1NC1CCCCC1O. The molecule has 2 rings (SSSR count). The fourth-order valence-electron chi connectivity index (χ4n) is 2.19. The van der Waals surface area contributed by atoms with E-state index in [2.05, 4.69) is 11.4 Å². The maximum Gasteiger partial charge on any atom is 0.101 e. The number of aliphatic hydroxyl groups is 1. The van der Waals surface area contributed by atoms with Gasteiger partial charge in [0.25, 0.3) is 0 Å². The number of para-hydroxylation sites is 1. The quantitative estimate of drug-likeness (QED) is 0.797. The van der Waals surface area contributed by atoms with E-state index in [4.69, 9.17) is 5.26 Å². The van der Waals surface area contributed by atoms with Crippen LogP contribution >= 0.6 is 0 Å². The topological polar surface area (TPSA) is 56.0 Å². The molecule has 1 aromatic carbocycles. The molecule has 1 aliphatic carbocycles. The number of nitriles is 1. The van der Waals surface area contributed by atoms with Gasteiger partial charge in [0, 0.05) is 0 Å². The van der Waals surface area contributed by atoms with Gasteiger partial charge in [-0.15, -0.1) is 0 Å². The molecule has 0 radical (unpaired) electrons. The van der Waals surface area contributed by atoms with Crippen LogP contribution in [0.3, 0.4) is 0 Å². The molecule has 0 amide bonds. The summed E-state index contributed by atoms with van der Waals surface area (Å²) in [6, 6.07) is 9.67.